The lowest BCUT2D eigenvalue weighted by molar-refractivity contribution is -0.137. The smallest absolute Gasteiger partial charge is 0.391 e. The van der Waals surface area contributed by atoms with Gasteiger partial charge in [0.05, 0.1) is 22.6 Å². The number of aliphatic imine (C=N–C) groups is 1. The Balaban J connectivity index is 1.39. The lowest BCUT2D eigenvalue weighted by atomic mass is 9.90. The fourth-order valence-electron chi connectivity index (χ4n) is 4.75. The van der Waals surface area contributed by atoms with Crippen LogP contribution in [0.3, 0.4) is 0 Å². The molecule has 2 atom stereocenters. The lowest BCUT2D eigenvalue weighted by Crippen LogP contribution is -2.40. The van der Waals surface area contributed by atoms with Gasteiger partial charge in [-0.15, -0.1) is 0 Å². The summed E-state index contributed by atoms with van der Waals surface area (Å²) in [7, 11) is 0. The average Bonchev–Trinajstić information content (AvgIpc) is 3.15. The van der Waals surface area contributed by atoms with E-state index in [1.807, 2.05) is 11.0 Å². The van der Waals surface area contributed by atoms with Crippen molar-refractivity contribution in [1.29, 1.82) is 0 Å². The molecule has 198 valence electrons. The Morgan fingerprint density at radius 2 is 1.92 bits per heavy atom. The topological polar surface area (TPSA) is 64.9 Å². The van der Waals surface area contributed by atoms with Crippen LogP contribution < -0.4 is 5.32 Å². The molecule has 12 heteroatoms. The second kappa shape index (κ2) is 10.7. The second-order valence-electron chi connectivity index (χ2n) is 9.49. The van der Waals surface area contributed by atoms with Crippen LogP contribution in [0, 0.1) is 5.92 Å². The molecule has 0 unspecified atom stereocenters. The van der Waals surface area contributed by atoms with Crippen LogP contribution in [-0.2, 0) is 19.4 Å². The van der Waals surface area contributed by atoms with Gasteiger partial charge in [0.25, 0.3) is 5.24 Å². The van der Waals surface area contributed by atoms with Crippen molar-refractivity contribution in [1.82, 2.24) is 10.2 Å². The second-order valence-corrected chi connectivity index (χ2v) is 10.5. The first-order chi connectivity index (χ1) is 16.9. The number of carbonyl (C=O) groups is 1. The van der Waals surface area contributed by atoms with Gasteiger partial charge in [0, 0.05) is 19.4 Å². The van der Waals surface area contributed by atoms with Crippen molar-refractivity contribution in [2.24, 2.45) is 10.9 Å². The minimum Gasteiger partial charge on any atom is -0.391 e. The van der Waals surface area contributed by atoms with Gasteiger partial charge >= 0.3 is 6.18 Å². The van der Waals surface area contributed by atoms with Gasteiger partial charge < -0.3 is 10.4 Å². The maximum atomic E-state index is 13.8. The summed E-state index contributed by atoms with van der Waals surface area (Å²) in [6.45, 7) is 0.584. The molecule has 2 N–H and O–H groups in total. The molecule has 5 nitrogen and oxygen atoms in total. The molecule has 36 heavy (non-hydrogen) atoms. The maximum absolute atomic E-state index is 13.8. The van der Waals surface area contributed by atoms with Crippen molar-refractivity contribution in [3.8, 4) is 0 Å². The highest BCUT2D eigenvalue weighted by Gasteiger charge is 2.41. The number of allylic oxidation sites excluding steroid dienone is 1. The zero-order chi connectivity index (χ0) is 26.1. The number of piperidine rings is 1. The highest BCUT2D eigenvalue weighted by atomic mass is 32.2. The molecule has 4 rings (SSSR count). The molecule has 0 bridgehead atoms. The number of hydrogen-bond acceptors (Lipinski definition) is 5. The fourth-order valence-corrected chi connectivity index (χ4v) is 5.56. The van der Waals surface area contributed by atoms with E-state index in [0.29, 0.717) is 42.9 Å². The minimum atomic E-state index is -4.53. The van der Waals surface area contributed by atoms with Crippen LogP contribution >= 0.6 is 11.8 Å². The number of halogens is 6. The molecule has 1 aromatic carbocycles. The molecule has 2 saturated heterocycles. The van der Waals surface area contributed by atoms with E-state index in [2.05, 4.69) is 10.3 Å². The highest BCUT2D eigenvalue weighted by molar-refractivity contribution is 8.18. The number of alkyl halides is 6. The summed E-state index contributed by atoms with van der Waals surface area (Å²) in [5, 5.41) is 12.3. The number of amides is 1. The Morgan fingerprint density at radius 1 is 1.19 bits per heavy atom. The minimum absolute atomic E-state index is 0.0253. The SMILES string of the molecule is O=C1NC(=N[C@H]2CC(F)(F)CC[C@@H]2O)/C(=C/C2CCN(Cc3ccc(C(F)(F)F)cc3CF)CC2)S1. The third kappa shape index (κ3) is 6.63. The standard InChI is InChI=1S/C24H27F6N3O2S/c25-12-16-10-17(24(28,29)30)2-1-15(16)13-33-7-4-14(5-8-33)9-20-21(32-22(35)36-20)31-18-11-23(26,27)6-3-19(18)34/h1-2,9-10,14,18-19,34H,3-8,11-13H2,(H,31,32,35)/b20-9-/t18-,19-/m0/s1. The van der Waals surface area contributed by atoms with Crippen molar-refractivity contribution < 1.29 is 36.2 Å². The number of aliphatic hydroxyl groups excluding tert-OH is 1. The molecule has 1 aliphatic carbocycles. The van der Waals surface area contributed by atoms with E-state index >= 15 is 0 Å². The molecule has 0 aromatic heterocycles. The summed E-state index contributed by atoms with van der Waals surface area (Å²) in [5.74, 6) is -2.63. The van der Waals surface area contributed by atoms with Crippen LogP contribution in [0.5, 0.6) is 0 Å². The number of rotatable bonds is 5. The third-order valence-electron chi connectivity index (χ3n) is 6.80. The molecule has 3 fully saturated rings. The largest absolute Gasteiger partial charge is 0.416 e. The fraction of sp³-hybridized carbons (Fsp3) is 0.583. The van der Waals surface area contributed by atoms with Crippen molar-refractivity contribution in [2.75, 3.05) is 13.1 Å². The Hall–Kier alpha value is -2.05. The molecular weight excluding hydrogens is 508 g/mol. The first-order valence-electron chi connectivity index (χ1n) is 11.8. The van der Waals surface area contributed by atoms with Crippen molar-refractivity contribution in [2.45, 2.75) is 69.6 Å². The van der Waals surface area contributed by atoms with Crippen molar-refractivity contribution in [3.63, 3.8) is 0 Å². The van der Waals surface area contributed by atoms with E-state index in [1.165, 1.54) is 6.07 Å². The number of benzene rings is 1. The Morgan fingerprint density at radius 3 is 2.58 bits per heavy atom. The highest BCUT2D eigenvalue weighted by Crippen LogP contribution is 2.37. The number of aliphatic hydroxyl groups is 1. The first-order valence-corrected chi connectivity index (χ1v) is 12.6. The van der Waals surface area contributed by atoms with Gasteiger partial charge in [0.1, 0.15) is 12.5 Å². The van der Waals surface area contributed by atoms with Crippen LogP contribution in [0.1, 0.15) is 48.8 Å². The first kappa shape index (κ1) is 27.0. The molecule has 2 heterocycles. The zero-order valence-electron chi connectivity index (χ0n) is 19.3. The Labute approximate surface area is 209 Å². The molecule has 1 amide bonds. The van der Waals surface area contributed by atoms with E-state index in [4.69, 9.17) is 0 Å². The molecule has 1 aromatic rings. The van der Waals surface area contributed by atoms with E-state index in [1.54, 1.807) is 0 Å². The summed E-state index contributed by atoms with van der Waals surface area (Å²) < 4.78 is 79.8. The third-order valence-corrected chi connectivity index (χ3v) is 7.64. The van der Waals surface area contributed by atoms with Gasteiger partial charge in [-0.1, -0.05) is 12.1 Å². The molecule has 1 saturated carbocycles. The monoisotopic (exact) mass is 535 g/mol. The van der Waals surface area contributed by atoms with Crippen LogP contribution in [0.2, 0.25) is 0 Å². The van der Waals surface area contributed by atoms with Gasteiger partial charge in [-0.05, 0) is 73.3 Å². The van der Waals surface area contributed by atoms with Crippen LogP contribution in [-0.4, -0.2) is 52.2 Å². The zero-order valence-corrected chi connectivity index (χ0v) is 20.1. The van der Waals surface area contributed by atoms with Gasteiger partial charge in [0.2, 0.25) is 5.92 Å². The van der Waals surface area contributed by atoms with E-state index in [0.717, 1.165) is 23.9 Å². The summed E-state index contributed by atoms with van der Waals surface area (Å²) in [4.78, 5) is 18.8. The van der Waals surface area contributed by atoms with Gasteiger partial charge in [-0.3, -0.25) is 14.7 Å². The average molecular weight is 536 g/mol. The predicted molar refractivity (Wildman–Crippen MR) is 124 cm³/mol. The molecule has 0 spiro atoms. The Kier molecular flexibility index (Phi) is 8.06. The lowest BCUT2D eigenvalue weighted by Gasteiger charge is -2.31. The van der Waals surface area contributed by atoms with Gasteiger partial charge in [-0.25, -0.2) is 13.2 Å². The summed E-state index contributed by atoms with van der Waals surface area (Å²) in [6, 6.07) is 2.15. The van der Waals surface area contributed by atoms with E-state index in [9.17, 15) is 36.2 Å². The van der Waals surface area contributed by atoms with Gasteiger partial charge in [-0.2, -0.15) is 13.2 Å². The maximum Gasteiger partial charge on any atom is 0.416 e. The molecule has 0 radical (unpaired) electrons. The summed E-state index contributed by atoms with van der Waals surface area (Å²) in [6.07, 6.45) is -3.27. The van der Waals surface area contributed by atoms with Crippen LogP contribution in [0.15, 0.2) is 34.2 Å². The number of hydrogen-bond donors (Lipinski definition) is 2. The number of thioether (sulfide) groups is 1. The number of likely N-dealkylation sites (tertiary alicyclic amines) is 1. The van der Waals surface area contributed by atoms with Crippen molar-refractivity contribution >= 4 is 22.8 Å². The number of nitrogens with zero attached hydrogens (tertiary/aromatic N) is 2. The van der Waals surface area contributed by atoms with Crippen LogP contribution in [0.4, 0.5) is 31.1 Å². The number of amidine groups is 1. The number of carbonyl (C=O) groups excluding carboxylic acids is 1. The molecular formula is C24H27F6N3O2S. The molecule has 3 aliphatic rings. The van der Waals surface area contributed by atoms with E-state index in [-0.39, 0.29) is 29.0 Å². The summed E-state index contributed by atoms with van der Waals surface area (Å²) in [5.41, 5.74) is -0.332. The van der Waals surface area contributed by atoms with E-state index < -0.39 is 49.3 Å². The normalized spacial score (nSPS) is 28.1. The Bertz CT molecular complexity index is 1040. The summed E-state index contributed by atoms with van der Waals surface area (Å²) >= 11 is 0.933. The molecule has 2 aliphatic heterocycles. The van der Waals surface area contributed by atoms with Crippen LogP contribution in [0.25, 0.3) is 0 Å². The van der Waals surface area contributed by atoms with Crippen molar-refractivity contribution in [3.05, 3.63) is 45.9 Å². The predicted octanol–water partition coefficient (Wildman–Crippen LogP) is 5.67. The van der Waals surface area contributed by atoms with Gasteiger partial charge in [0.15, 0.2) is 0 Å². The quantitative estimate of drug-likeness (QED) is 0.477. The number of nitrogens with one attached hydrogen (secondary N) is 1.